The van der Waals surface area contributed by atoms with Crippen LogP contribution in [0, 0.1) is 0 Å². The Morgan fingerprint density at radius 1 is 1.08 bits per heavy atom. The van der Waals surface area contributed by atoms with Crippen molar-refractivity contribution in [3.8, 4) is 17.4 Å². The van der Waals surface area contributed by atoms with Crippen LogP contribution in [0.4, 0.5) is 0 Å². The largest absolute Gasteiger partial charge is 0.490 e. The summed E-state index contributed by atoms with van der Waals surface area (Å²) in [6.07, 6.45) is 2.68. The van der Waals surface area contributed by atoms with Gasteiger partial charge < -0.3 is 19.5 Å². The number of ether oxygens (including phenoxy) is 3. The molecule has 25 heavy (non-hydrogen) atoms. The van der Waals surface area contributed by atoms with Crippen LogP contribution in [0.5, 0.6) is 17.4 Å². The van der Waals surface area contributed by atoms with E-state index in [1.165, 1.54) is 0 Å². The summed E-state index contributed by atoms with van der Waals surface area (Å²) in [7, 11) is 0. The van der Waals surface area contributed by atoms with Crippen LogP contribution in [0.15, 0.2) is 41.0 Å². The van der Waals surface area contributed by atoms with Crippen molar-refractivity contribution in [2.24, 2.45) is 0 Å². The van der Waals surface area contributed by atoms with E-state index in [1.54, 1.807) is 6.20 Å². The lowest BCUT2D eigenvalue weighted by atomic mass is 10.2. The van der Waals surface area contributed by atoms with Gasteiger partial charge in [0.15, 0.2) is 11.5 Å². The van der Waals surface area contributed by atoms with Crippen LogP contribution in [0.3, 0.4) is 0 Å². The van der Waals surface area contributed by atoms with Crippen molar-refractivity contribution in [2.45, 2.75) is 26.8 Å². The smallest absolute Gasteiger partial charge is 0.213 e. The highest BCUT2D eigenvalue weighted by Crippen LogP contribution is 2.37. The van der Waals surface area contributed by atoms with Gasteiger partial charge in [-0.3, -0.25) is 0 Å². The van der Waals surface area contributed by atoms with E-state index in [0.29, 0.717) is 25.7 Å². The molecule has 0 amide bonds. The zero-order valence-electron chi connectivity index (χ0n) is 14.8. The number of aromatic nitrogens is 1. The predicted molar refractivity (Wildman–Crippen MR) is 103 cm³/mol. The summed E-state index contributed by atoms with van der Waals surface area (Å²) in [5.74, 6) is 2.18. The number of halogens is 1. The number of nitrogens with zero attached hydrogens (tertiary/aromatic N) is 1. The van der Waals surface area contributed by atoms with Crippen LogP contribution in [-0.4, -0.2) is 31.3 Å². The maximum absolute atomic E-state index is 5.80. The molecule has 0 saturated carbocycles. The van der Waals surface area contributed by atoms with Crippen LogP contribution in [0.2, 0.25) is 0 Å². The van der Waals surface area contributed by atoms with Crippen LogP contribution in [-0.2, 0) is 6.54 Å². The molecule has 0 saturated heterocycles. The number of nitrogens with one attached hydrogen (secondary N) is 1. The Morgan fingerprint density at radius 3 is 2.68 bits per heavy atom. The molecule has 0 aliphatic heterocycles. The highest BCUT2D eigenvalue weighted by Gasteiger charge is 2.12. The Morgan fingerprint density at radius 2 is 1.96 bits per heavy atom. The quantitative estimate of drug-likeness (QED) is 0.564. The van der Waals surface area contributed by atoms with E-state index in [1.807, 2.05) is 31.2 Å². The fraction of sp³-hybridized carbons (Fsp3) is 0.421. The van der Waals surface area contributed by atoms with Crippen LogP contribution >= 0.6 is 15.9 Å². The van der Waals surface area contributed by atoms with E-state index < -0.39 is 0 Å². The third-order valence-corrected chi connectivity index (χ3v) is 3.90. The molecule has 1 N–H and O–H groups in total. The third-order valence-electron chi connectivity index (χ3n) is 3.32. The summed E-state index contributed by atoms with van der Waals surface area (Å²) in [4.78, 5) is 4.13. The lowest BCUT2D eigenvalue weighted by Crippen LogP contribution is -2.21. The second-order valence-corrected chi connectivity index (χ2v) is 6.23. The summed E-state index contributed by atoms with van der Waals surface area (Å²) in [5.41, 5.74) is 1.12. The Labute approximate surface area is 157 Å². The average Bonchev–Trinajstić information content (AvgIpc) is 2.62. The van der Waals surface area contributed by atoms with Crippen molar-refractivity contribution in [2.75, 3.05) is 26.4 Å². The van der Waals surface area contributed by atoms with Crippen LogP contribution in [0.1, 0.15) is 25.8 Å². The van der Waals surface area contributed by atoms with E-state index in [0.717, 1.165) is 41.0 Å². The highest BCUT2D eigenvalue weighted by molar-refractivity contribution is 9.10. The van der Waals surface area contributed by atoms with E-state index in [9.17, 15) is 0 Å². The first kappa shape index (κ1) is 19.5. The first-order chi connectivity index (χ1) is 12.2. The molecule has 0 aliphatic carbocycles. The minimum absolute atomic E-state index is 0.564. The zero-order valence-corrected chi connectivity index (χ0v) is 16.3. The van der Waals surface area contributed by atoms with E-state index in [4.69, 9.17) is 14.2 Å². The molecule has 0 unspecified atom stereocenters. The van der Waals surface area contributed by atoms with Crippen molar-refractivity contribution in [1.82, 2.24) is 10.3 Å². The number of hydrogen-bond acceptors (Lipinski definition) is 5. The summed E-state index contributed by atoms with van der Waals surface area (Å²) in [5, 5.41) is 3.36. The topological polar surface area (TPSA) is 52.6 Å². The first-order valence-corrected chi connectivity index (χ1v) is 9.36. The Bertz CT molecular complexity index is 638. The molecule has 5 nitrogen and oxygen atoms in total. The van der Waals surface area contributed by atoms with Gasteiger partial charge in [0, 0.05) is 25.4 Å². The van der Waals surface area contributed by atoms with Crippen molar-refractivity contribution in [3.05, 3.63) is 46.6 Å². The van der Waals surface area contributed by atoms with Crippen LogP contribution < -0.4 is 19.5 Å². The van der Waals surface area contributed by atoms with Gasteiger partial charge in [-0.2, -0.15) is 0 Å². The summed E-state index contributed by atoms with van der Waals surface area (Å²) in [6.45, 7) is 7.33. The monoisotopic (exact) mass is 408 g/mol. The second-order valence-electron chi connectivity index (χ2n) is 5.38. The van der Waals surface area contributed by atoms with Crippen molar-refractivity contribution >= 4 is 15.9 Å². The molecule has 0 bridgehead atoms. The number of pyridine rings is 1. The number of rotatable bonds is 11. The van der Waals surface area contributed by atoms with Gasteiger partial charge in [0.1, 0.15) is 6.61 Å². The minimum atomic E-state index is 0.564. The molecular weight excluding hydrogens is 384 g/mol. The standard InChI is InChI=1S/C19H25BrN2O3/c1-3-10-25-19-16(20)12-15(13-17(19)23-4-2)14-21-9-11-24-18-7-5-6-8-22-18/h5-8,12-13,21H,3-4,9-11,14H2,1-2H3. The highest BCUT2D eigenvalue weighted by atomic mass is 79.9. The van der Waals surface area contributed by atoms with Gasteiger partial charge in [0.25, 0.3) is 0 Å². The van der Waals surface area contributed by atoms with Crippen molar-refractivity contribution < 1.29 is 14.2 Å². The third kappa shape index (κ3) is 6.55. The molecule has 1 aromatic carbocycles. The Kier molecular flexibility index (Phi) is 8.55. The normalized spacial score (nSPS) is 10.5. The second kappa shape index (κ2) is 10.9. The van der Waals surface area contributed by atoms with Crippen LogP contribution in [0.25, 0.3) is 0 Å². The maximum atomic E-state index is 5.80. The van der Waals surface area contributed by atoms with Crippen molar-refractivity contribution in [1.29, 1.82) is 0 Å². The van der Waals surface area contributed by atoms with E-state index in [-0.39, 0.29) is 0 Å². The molecule has 0 spiro atoms. The Balaban J connectivity index is 1.86. The zero-order chi connectivity index (χ0) is 17.9. The molecule has 6 heteroatoms. The minimum Gasteiger partial charge on any atom is -0.490 e. The molecule has 0 atom stereocenters. The van der Waals surface area contributed by atoms with Gasteiger partial charge in [-0.15, -0.1) is 0 Å². The molecule has 1 aromatic heterocycles. The molecule has 2 rings (SSSR count). The predicted octanol–water partition coefficient (Wildman–Crippen LogP) is 4.20. The molecule has 0 aliphatic rings. The van der Waals surface area contributed by atoms with Crippen molar-refractivity contribution in [3.63, 3.8) is 0 Å². The Hall–Kier alpha value is -1.79. The maximum Gasteiger partial charge on any atom is 0.213 e. The summed E-state index contributed by atoms with van der Waals surface area (Å²) >= 11 is 3.59. The molecule has 0 fully saturated rings. The first-order valence-electron chi connectivity index (χ1n) is 8.57. The fourth-order valence-electron chi connectivity index (χ4n) is 2.22. The number of hydrogen-bond donors (Lipinski definition) is 1. The number of benzene rings is 1. The van der Waals surface area contributed by atoms with Gasteiger partial charge in [0.2, 0.25) is 5.88 Å². The fourth-order valence-corrected chi connectivity index (χ4v) is 2.83. The average molecular weight is 409 g/mol. The molecule has 0 radical (unpaired) electrons. The van der Waals surface area contributed by atoms with E-state index in [2.05, 4.69) is 39.2 Å². The molecular formula is C19H25BrN2O3. The van der Waals surface area contributed by atoms with Gasteiger partial charge in [0.05, 0.1) is 17.7 Å². The lowest BCUT2D eigenvalue weighted by Gasteiger charge is -2.15. The molecule has 2 aromatic rings. The molecule has 1 heterocycles. The van der Waals surface area contributed by atoms with Gasteiger partial charge in [-0.25, -0.2) is 4.98 Å². The van der Waals surface area contributed by atoms with E-state index >= 15 is 0 Å². The van der Waals surface area contributed by atoms with Gasteiger partial charge in [-0.1, -0.05) is 13.0 Å². The SMILES string of the molecule is CCCOc1c(Br)cc(CNCCOc2ccccn2)cc1OCC. The van der Waals surface area contributed by atoms with Gasteiger partial charge in [-0.05, 0) is 53.0 Å². The molecule has 136 valence electrons. The lowest BCUT2D eigenvalue weighted by molar-refractivity contribution is 0.275. The van der Waals surface area contributed by atoms with Gasteiger partial charge >= 0.3 is 0 Å². The summed E-state index contributed by atoms with van der Waals surface area (Å²) < 4.78 is 18.0. The summed E-state index contributed by atoms with van der Waals surface area (Å²) in [6, 6.07) is 9.70.